The largest absolute Gasteiger partial charge is 0.489 e. The molecule has 0 saturated carbocycles. The molecular weight excluding hydrogens is 423 g/mol. The van der Waals surface area contributed by atoms with E-state index in [0.717, 1.165) is 5.56 Å². The van der Waals surface area contributed by atoms with E-state index in [-0.39, 0.29) is 29.0 Å². The maximum atomic E-state index is 13.1. The van der Waals surface area contributed by atoms with Crippen LogP contribution in [0.2, 0.25) is 5.02 Å². The van der Waals surface area contributed by atoms with E-state index >= 15 is 0 Å². The first-order valence-electron chi connectivity index (χ1n) is 9.41. The molecule has 0 fully saturated rings. The molecule has 1 amide bonds. The third-order valence-corrected chi connectivity index (χ3v) is 4.81. The van der Waals surface area contributed by atoms with Crippen molar-refractivity contribution in [3.8, 4) is 5.75 Å². The molecule has 2 aromatic carbocycles. The van der Waals surface area contributed by atoms with Crippen LogP contribution in [0.15, 0.2) is 65.3 Å². The van der Waals surface area contributed by atoms with Crippen molar-refractivity contribution in [3.63, 3.8) is 0 Å². The van der Waals surface area contributed by atoms with Crippen LogP contribution in [-0.4, -0.2) is 20.8 Å². The smallest absolute Gasteiger partial charge is 0.279 e. The predicted molar refractivity (Wildman–Crippen MR) is 113 cm³/mol. The molecule has 158 valence electrons. The summed E-state index contributed by atoms with van der Waals surface area (Å²) in [4.78, 5) is 12.8. The van der Waals surface area contributed by atoms with Gasteiger partial charge in [-0.3, -0.25) is 9.48 Å². The van der Waals surface area contributed by atoms with Crippen molar-refractivity contribution < 1.29 is 18.4 Å². The molecule has 0 aliphatic heterocycles. The van der Waals surface area contributed by atoms with Gasteiger partial charge in [-0.05, 0) is 36.8 Å². The fraction of sp³-hybridized carbons (Fsp3) is 0.136. The van der Waals surface area contributed by atoms with Crippen molar-refractivity contribution in [1.82, 2.24) is 14.9 Å². The van der Waals surface area contributed by atoms with Gasteiger partial charge in [0.25, 0.3) is 5.91 Å². The maximum Gasteiger partial charge on any atom is 0.279 e. The monoisotopic (exact) mass is 440 g/mol. The zero-order chi connectivity index (χ0) is 21.8. The van der Waals surface area contributed by atoms with Gasteiger partial charge in [0.1, 0.15) is 29.0 Å². The minimum absolute atomic E-state index is 0.0950. The number of aromatic nitrogens is 3. The third kappa shape index (κ3) is 4.92. The van der Waals surface area contributed by atoms with Crippen LogP contribution in [0.4, 0.5) is 10.2 Å². The van der Waals surface area contributed by atoms with Crippen LogP contribution in [0.5, 0.6) is 5.75 Å². The van der Waals surface area contributed by atoms with Gasteiger partial charge in [-0.1, -0.05) is 47.1 Å². The Balaban J connectivity index is 1.46. The second-order valence-corrected chi connectivity index (χ2v) is 7.18. The first kappa shape index (κ1) is 20.6. The van der Waals surface area contributed by atoms with Gasteiger partial charge >= 0.3 is 0 Å². The number of amides is 1. The van der Waals surface area contributed by atoms with Crippen LogP contribution in [0.1, 0.15) is 27.4 Å². The van der Waals surface area contributed by atoms with Crippen LogP contribution in [-0.2, 0) is 13.2 Å². The average Bonchev–Trinajstić information content (AvgIpc) is 3.30. The number of carbonyl (C=O) groups is 1. The van der Waals surface area contributed by atoms with Gasteiger partial charge in [0.05, 0.1) is 12.1 Å². The highest BCUT2D eigenvalue weighted by Gasteiger charge is 2.22. The van der Waals surface area contributed by atoms with Crippen molar-refractivity contribution in [2.24, 2.45) is 0 Å². The summed E-state index contributed by atoms with van der Waals surface area (Å²) in [5.74, 6) is 0.498. The fourth-order valence-corrected chi connectivity index (χ4v) is 3.12. The number of nitrogens with zero attached hydrogens (tertiary/aromatic N) is 3. The van der Waals surface area contributed by atoms with E-state index in [2.05, 4.69) is 15.6 Å². The summed E-state index contributed by atoms with van der Waals surface area (Å²) in [5.41, 5.74) is 1.46. The Labute approximate surface area is 182 Å². The zero-order valence-corrected chi connectivity index (χ0v) is 17.3. The fourth-order valence-electron chi connectivity index (χ4n) is 2.92. The molecular formula is C22H18ClFN4O3. The van der Waals surface area contributed by atoms with Crippen molar-refractivity contribution in [2.45, 2.75) is 20.1 Å². The molecule has 4 rings (SSSR count). The lowest BCUT2D eigenvalue weighted by atomic mass is 10.2. The van der Waals surface area contributed by atoms with E-state index < -0.39 is 5.91 Å². The number of carbonyl (C=O) groups excluding carboxylic acids is 1. The Bertz CT molecular complexity index is 1190. The SMILES string of the molecule is Cc1onc(C(=O)Nc2nn(Cc3ccc(F)cc3)cc2Cl)c1COc1ccccc1. The van der Waals surface area contributed by atoms with E-state index in [1.165, 1.54) is 12.1 Å². The molecule has 31 heavy (non-hydrogen) atoms. The highest BCUT2D eigenvalue weighted by Crippen LogP contribution is 2.23. The molecule has 0 saturated heterocycles. The Morgan fingerprint density at radius 2 is 1.94 bits per heavy atom. The maximum absolute atomic E-state index is 13.1. The summed E-state index contributed by atoms with van der Waals surface area (Å²) in [7, 11) is 0. The van der Waals surface area contributed by atoms with Crippen LogP contribution in [0.3, 0.4) is 0 Å². The Morgan fingerprint density at radius 3 is 2.68 bits per heavy atom. The number of halogens is 2. The number of aryl methyl sites for hydroxylation is 1. The summed E-state index contributed by atoms with van der Waals surface area (Å²) >= 11 is 6.23. The molecule has 0 atom stereocenters. The molecule has 0 spiro atoms. The number of rotatable bonds is 7. The minimum atomic E-state index is -0.516. The lowest BCUT2D eigenvalue weighted by molar-refractivity contribution is 0.101. The standard InChI is InChI=1S/C22H18ClFN4O3/c1-14-18(13-30-17-5-3-2-4-6-17)20(27-31-14)22(29)25-21-19(23)12-28(26-21)11-15-7-9-16(24)10-8-15/h2-10,12H,11,13H2,1H3,(H,25,26,29). The summed E-state index contributed by atoms with van der Waals surface area (Å²) in [5, 5.41) is 11.1. The molecule has 0 aliphatic rings. The molecule has 1 N–H and O–H groups in total. The van der Waals surface area contributed by atoms with Crippen LogP contribution in [0, 0.1) is 12.7 Å². The van der Waals surface area contributed by atoms with Crippen molar-refractivity contribution in [2.75, 3.05) is 5.32 Å². The summed E-state index contributed by atoms with van der Waals surface area (Å²) < 4.78 is 25.5. The van der Waals surface area contributed by atoms with Crippen LogP contribution < -0.4 is 10.1 Å². The number of benzene rings is 2. The number of hydrogen-bond acceptors (Lipinski definition) is 5. The lowest BCUT2D eigenvalue weighted by Gasteiger charge is -2.06. The van der Waals surface area contributed by atoms with E-state index in [4.69, 9.17) is 20.9 Å². The molecule has 0 aliphatic carbocycles. The van der Waals surface area contributed by atoms with Crippen molar-refractivity contribution in [1.29, 1.82) is 0 Å². The van der Waals surface area contributed by atoms with E-state index in [1.54, 1.807) is 29.9 Å². The summed E-state index contributed by atoms with van der Waals surface area (Å²) in [6.07, 6.45) is 1.58. The topological polar surface area (TPSA) is 82.2 Å². The normalized spacial score (nSPS) is 10.8. The quantitative estimate of drug-likeness (QED) is 0.444. The highest BCUT2D eigenvalue weighted by molar-refractivity contribution is 6.33. The zero-order valence-electron chi connectivity index (χ0n) is 16.5. The first-order valence-corrected chi connectivity index (χ1v) is 9.79. The number of hydrogen-bond donors (Lipinski definition) is 1. The van der Waals surface area contributed by atoms with Gasteiger partial charge in [0, 0.05) is 6.20 Å². The van der Waals surface area contributed by atoms with Gasteiger partial charge in [-0.2, -0.15) is 5.10 Å². The number of para-hydroxylation sites is 1. The van der Waals surface area contributed by atoms with Gasteiger partial charge in [-0.25, -0.2) is 4.39 Å². The molecule has 7 nitrogen and oxygen atoms in total. The first-order chi connectivity index (χ1) is 15.0. The average molecular weight is 441 g/mol. The summed E-state index contributed by atoms with van der Waals surface area (Å²) in [6, 6.07) is 15.3. The predicted octanol–water partition coefficient (Wildman–Crippen LogP) is 4.85. The number of anilines is 1. The Morgan fingerprint density at radius 1 is 1.19 bits per heavy atom. The number of ether oxygens (including phenoxy) is 1. The molecule has 0 unspecified atom stereocenters. The van der Waals surface area contributed by atoms with Gasteiger partial charge in [0.2, 0.25) is 0 Å². The minimum Gasteiger partial charge on any atom is -0.489 e. The third-order valence-electron chi connectivity index (χ3n) is 4.53. The second kappa shape index (κ2) is 9.01. The molecule has 0 radical (unpaired) electrons. The van der Waals surface area contributed by atoms with Crippen molar-refractivity contribution in [3.05, 3.63) is 94.2 Å². The number of nitrogens with one attached hydrogen (secondary N) is 1. The molecule has 2 aromatic heterocycles. The molecule has 4 aromatic rings. The van der Waals surface area contributed by atoms with E-state index in [9.17, 15) is 9.18 Å². The van der Waals surface area contributed by atoms with Crippen LogP contribution in [0.25, 0.3) is 0 Å². The summed E-state index contributed by atoms with van der Waals surface area (Å²) in [6.45, 7) is 2.20. The van der Waals surface area contributed by atoms with E-state index in [0.29, 0.717) is 23.6 Å². The Kier molecular flexibility index (Phi) is 5.99. The van der Waals surface area contributed by atoms with Gasteiger partial charge in [0.15, 0.2) is 11.5 Å². The lowest BCUT2D eigenvalue weighted by Crippen LogP contribution is -2.16. The van der Waals surface area contributed by atoms with E-state index in [1.807, 2.05) is 30.3 Å². The highest BCUT2D eigenvalue weighted by atomic mass is 35.5. The Hall–Kier alpha value is -3.65. The second-order valence-electron chi connectivity index (χ2n) is 6.77. The van der Waals surface area contributed by atoms with Crippen molar-refractivity contribution >= 4 is 23.3 Å². The van der Waals surface area contributed by atoms with Gasteiger partial charge in [-0.15, -0.1) is 0 Å². The molecule has 0 bridgehead atoms. The van der Waals surface area contributed by atoms with Crippen LogP contribution >= 0.6 is 11.6 Å². The molecule has 9 heteroatoms. The van der Waals surface area contributed by atoms with Gasteiger partial charge < -0.3 is 14.6 Å². The molecule has 2 heterocycles.